The van der Waals surface area contributed by atoms with Gasteiger partial charge >= 0.3 is 0 Å². The Morgan fingerprint density at radius 1 is 1.38 bits per heavy atom. The van der Waals surface area contributed by atoms with Crippen LogP contribution in [0.3, 0.4) is 0 Å². The molecule has 0 N–H and O–H groups in total. The van der Waals surface area contributed by atoms with E-state index in [2.05, 4.69) is 9.80 Å². The van der Waals surface area contributed by atoms with Gasteiger partial charge in [0.2, 0.25) is 0 Å². The lowest BCUT2D eigenvalue weighted by Crippen LogP contribution is -2.42. The second-order valence-electron chi connectivity index (χ2n) is 5.55. The second kappa shape index (κ2) is 9.31. The standard InChI is InChI=1S/C16H23N3O5/c1-23-9-8-18(5-4-17-6-10-24-11-7-17)15-2-3-16(19(21)22)14(12-15)13-20/h2-3,12-13H,4-11H2,1H3. The molecule has 0 aromatic heterocycles. The molecule has 1 aliphatic rings. The lowest BCUT2D eigenvalue weighted by Gasteiger charge is -2.31. The van der Waals surface area contributed by atoms with Crippen LogP contribution in [0.25, 0.3) is 0 Å². The van der Waals surface area contributed by atoms with Crippen molar-refractivity contribution in [3.05, 3.63) is 33.9 Å². The molecule has 132 valence electrons. The molecule has 0 amide bonds. The lowest BCUT2D eigenvalue weighted by molar-refractivity contribution is -0.385. The minimum Gasteiger partial charge on any atom is -0.383 e. The number of nitro benzene ring substituents is 1. The fourth-order valence-corrected chi connectivity index (χ4v) is 2.66. The predicted molar refractivity (Wildman–Crippen MR) is 89.8 cm³/mol. The molecule has 1 aromatic rings. The molecule has 1 aromatic carbocycles. The molecule has 8 heteroatoms. The zero-order valence-electron chi connectivity index (χ0n) is 13.8. The number of carbonyl (C=O) groups is 1. The van der Waals surface area contributed by atoms with E-state index in [1.54, 1.807) is 19.2 Å². The molecule has 2 rings (SSSR count). The third-order valence-electron chi connectivity index (χ3n) is 4.06. The van der Waals surface area contributed by atoms with Crippen molar-refractivity contribution < 1.29 is 19.2 Å². The molecule has 8 nitrogen and oxygen atoms in total. The first kappa shape index (κ1) is 18.3. The molecule has 0 aliphatic carbocycles. The van der Waals surface area contributed by atoms with Crippen molar-refractivity contribution in [2.24, 2.45) is 0 Å². The number of nitrogens with zero attached hydrogens (tertiary/aromatic N) is 3. The first-order valence-corrected chi connectivity index (χ1v) is 7.93. The third-order valence-corrected chi connectivity index (χ3v) is 4.06. The van der Waals surface area contributed by atoms with Crippen molar-refractivity contribution in [3.63, 3.8) is 0 Å². The summed E-state index contributed by atoms with van der Waals surface area (Å²) in [5, 5.41) is 11.0. The second-order valence-corrected chi connectivity index (χ2v) is 5.55. The number of morpholine rings is 1. The zero-order valence-corrected chi connectivity index (χ0v) is 13.8. The summed E-state index contributed by atoms with van der Waals surface area (Å²) >= 11 is 0. The number of rotatable bonds is 9. The summed E-state index contributed by atoms with van der Waals surface area (Å²) in [6.07, 6.45) is 0.526. The van der Waals surface area contributed by atoms with Crippen LogP contribution < -0.4 is 4.90 Å². The van der Waals surface area contributed by atoms with Gasteiger partial charge in [-0.2, -0.15) is 0 Å². The Morgan fingerprint density at radius 2 is 2.12 bits per heavy atom. The Hall–Kier alpha value is -2.03. The number of ether oxygens (including phenoxy) is 2. The third kappa shape index (κ3) is 4.98. The minimum absolute atomic E-state index is 0.0892. The van der Waals surface area contributed by atoms with Crippen LogP contribution in [0.1, 0.15) is 10.4 Å². The van der Waals surface area contributed by atoms with E-state index in [9.17, 15) is 14.9 Å². The van der Waals surface area contributed by atoms with Gasteiger partial charge in [-0.05, 0) is 12.1 Å². The number of benzene rings is 1. The maximum absolute atomic E-state index is 11.2. The summed E-state index contributed by atoms with van der Waals surface area (Å²) in [7, 11) is 1.63. The predicted octanol–water partition coefficient (Wildman–Crippen LogP) is 1.19. The summed E-state index contributed by atoms with van der Waals surface area (Å²) in [6.45, 7) is 6.08. The van der Waals surface area contributed by atoms with Gasteiger partial charge < -0.3 is 14.4 Å². The Balaban J connectivity index is 2.10. The van der Waals surface area contributed by atoms with Gasteiger partial charge in [-0.3, -0.25) is 19.8 Å². The highest BCUT2D eigenvalue weighted by Gasteiger charge is 2.17. The molecule has 1 saturated heterocycles. The molecular formula is C16H23N3O5. The maximum Gasteiger partial charge on any atom is 0.280 e. The normalized spacial score (nSPS) is 15.2. The van der Waals surface area contributed by atoms with Crippen LogP contribution >= 0.6 is 0 Å². The summed E-state index contributed by atoms with van der Waals surface area (Å²) in [5.41, 5.74) is 0.702. The molecular weight excluding hydrogens is 314 g/mol. The highest BCUT2D eigenvalue weighted by atomic mass is 16.6. The highest BCUT2D eigenvalue weighted by molar-refractivity contribution is 5.83. The lowest BCUT2D eigenvalue weighted by atomic mass is 10.1. The van der Waals surface area contributed by atoms with Gasteiger partial charge in [-0.25, -0.2) is 0 Å². The number of nitro groups is 1. The molecule has 0 radical (unpaired) electrons. The molecule has 0 bridgehead atoms. The van der Waals surface area contributed by atoms with Gasteiger partial charge in [0.25, 0.3) is 5.69 Å². The van der Waals surface area contributed by atoms with E-state index in [-0.39, 0.29) is 11.3 Å². The largest absolute Gasteiger partial charge is 0.383 e. The maximum atomic E-state index is 11.2. The van der Waals surface area contributed by atoms with Crippen LogP contribution in [0.15, 0.2) is 18.2 Å². The molecule has 1 heterocycles. The number of hydrogen-bond donors (Lipinski definition) is 0. The van der Waals surface area contributed by atoms with Crippen molar-refractivity contribution in [3.8, 4) is 0 Å². The van der Waals surface area contributed by atoms with Gasteiger partial charge in [0.05, 0.1) is 30.3 Å². The van der Waals surface area contributed by atoms with Crippen LogP contribution in [0, 0.1) is 10.1 Å². The summed E-state index contributed by atoms with van der Waals surface area (Å²) < 4.78 is 10.5. The van der Waals surface area contributed by atoms with Crippen molar-refractivity contribution in [1.29, 1.82) is 0 Å². The van der Waals surface area contributed by atoms with Gasteiger partial charge in [-0.1, -0.05) is 0 Å². The smallest absolute Gasteiger partial charge is 0.280 e. The molecule has 0 unspecified atom stereocenters. The summed E-state index contributed by atoms with van der Waals surface area (Å²) in [5.74, 6) is 0. The van der Waals surface area contributed by atoms with Crippen LogP contribution in [0.4, 0.5) is 11.4 Å². The summed E-state index contributed by atoms with van der Waals surface area (Å²) in [4.78, 5) is 26.0. The number of anilines is 1. The molecule has 1 fully saturated rings. The van der Waals surface area contributed by atoms with Crippen LogP contribution in [-0.4, -0.2) is 75.8 Å². The monoisotopic (exact) mass is 337 g/mol. The molecule has 0 spiro atoms. The van der Waals surface area contributed by atoms with E-state index in [4.69, 9.17) is 9.47 Å². The average molecular weight is 337 g/mol. The van der Waals surface area contributed by atoms with Crippen LogP contribution in [-0.2, 0) is 9.47 Å². The highest BCUT2D eigenvalue weighted by Crippen LogP contribution is 2.24. The van der Waals surface area contributed by atoms with Crippen LogP contribution in [0.5, 0.6) is 0 Å². The van der Waals surface area contributed by atoms with E-state index < -0.39 is 4.92 Å². The topological polar surface area (TPSA) is 85.2 Å². The Bertz CT molecular complexity index is 561. The van der Waals surface area contributed by atoms with Crippen molar-refractivity contribution in [2.45, 2.75) is 0 Å². The minimum atomic E-state index is -0.541. The zero-order chi connectivity index (χ0) is 17.4. The van der Waals surface area contributed by atoms with Gasteiger partial charge in [0, 0.05) is 51.6 Å². The van der Waals surface area contributed by atoms with E-state index in [0.717, 1.165) is 45.1 Å². The molecule has 0 saturated carbocycles. The van der Waals surface area contributed by atoms with Gasteiger partial charge in [0.1, 0.15) is 0 Å². The fourth-order valence-electron chi connectivity index (χ4n) is 2.66. The van der Waals surface area contributed by atoms with E-state index in [1.807, 2.05) is 0 Å². The van der Waals surface area contributed by atoms with E-state index in [1.165, 1.54) is 6.07 Å². The van der Waals surface area contributed by atoms with Gasteiger partial charge in [0.15, 0.2) is 6.29 Å². The van der Waals surface area contributed by atoms with Crippen LogP contribution in [0.2, 0.25) is 0 Å². The molecule has 0 atom stereocenters. The number of hydrogen-bond acceptors (Lipinski definition) is 7. The van der Waals surface area contributed by atoms with Crippen molar-refractivity contribution in [1.82, 2.24) is 4.90 Å². The Labute approximate surface area is 141 Å². The summed E-state index contributed by atoms with van der Waals surface area (Å²) in [6, 6.07) is 4.63. The number of carbonyl (C=O) groups excluding carboxylic acids is 1. The Kier molecular flexibility index (Phi) is 7.10. The molecule has 24 heavy (non-hydrogen) atoms. The quantitative estimate of drug-likeness (QED) is 0.380. The SMILES string of the molecule is COCCN(CCN1CCOCC1)c1ccc([N+](=O)[O-])c(C=O)c1. The van der Waals surface area contributed by atoms with Crippen molar-refractivity contribution in [2.75, 3.05) is 64.6 Å². The fraction of sp³-hybridized carbons (Fsp3) is 0.562. The van der Waals surface area contributed by atoms with E-state index >= 15 is 0 Å². The first-order valence-electron chi connectivity index (χ1n) is 7.93. The molecule has 1 aliphatic heterocycles. The average Bonchev–Trinajstić information content (AvgIpc) is 2.62. The van der Waals surface area contributed by atoms with Gasteiger partial charge in [-0.15, -0.1) is 0 Å². The van der Waals surface area contributed by atoms with E-state index in [0.29, 0.717) is 19.4 Å². The number of methoxy groups -OCH3 is 1. The van der Waals surface area contributed by atoms with Crippen molar-refractivity contribution >= 4 is 17.7 Å². The first-order chi connectivity index (χ1) is 11.7. The number of aldehydes is 1. The Morgan fingerprint density at radius 3 is 2.75 bits per heavy atom.